The molecule has 2 aromatic rings. The molecule has 0 radical (unpaired) electrons. The van der Waals surface area contributed by atoms with Crippen molar-refractivity contribution in [2.45, 2.75) is 26.8 Å². The molecule has 0 aliphatic carbocycles. The molecule has 1 aromatic heterocycles. The van der Waals surface area contributed by atoms with Gasteiger partial charge in [0.25, 0.3) is 5.91 Å². The van der Waals surface area contributed by atoms with Crippen molar-refractivity contribution in [2.75, 3.05) is 14.2 Å². The molecular formula is C20H23FN2O4. The summed E-state index contributed by atoms with van der Waals surface area (Å²) in [5.41, 5.74) is 1.95. The maximum absolute atomic E-state index is 13.4. The first-order valence-corrected chi connectivity index (χ1v) is 8.42. The molecule has 27 heavy (non-hydrogen) atoms. The van der Waals surface area contributed by atoms with Crippen molar-refractivity contribution in [1.82, 2.24) is 9.47 Å². The lowest BCUT2D eigenvalue weighted by atomic mass is 9.99. The van der Waals surface area contributed by atoms with Gasteiger partial charge in [-0.1, -0.05) is 6.07 Å². The molecule has 0 saturated heterocycles. The molecule has 0 spiro atoms. The van der Waals surface area contributed by atoms with E-state index in [1.54, 1.807) is 32.4 Å². The SMILES string of the molecule is COC(=O)c1c(C)c(C(=O)C(C)N(C)C(=O)c2cccc(F)c2)c(C)n1C. The molecule has 0 saturated carbocycles. The first-order chi connectivity index (χ1) is 12.6. The average Bonchev–Trinajstić information content (AvgIpc) is 2.87. The van der Waals surface area contributed by atoms with Crippen LogP contribution in [0.2, 0.25) is 0 Å². The summed E-state index contributed by atoms with van der Waals surface area (Å²) in [5, 5.41) is 0. The molecule has 2 rings (SSSR count). The first kappa shape index (κ1) is 20.4. The van der Waals surface area contributed by atoms with E-state index in [0.29, 0.717) is 22.5 Å². The monoisotopic (exact) mass is 374 g/mol. The number of ether oxygens (including phenoxy) is 1. The summed E-state index contributed by atoms with van der Waals surface area (Å²) in [5.74, 6) is -1.82. The van der Waals surface area contributed by atoms with Crippen LogP contribution in [-0.4, -0.2) is 47.3 Å². The van der Waals surface area contributed by atoms with Crippen LogP contribution in [0, 0.1) is 19.7 Å². The second-order valence-corrected chi connectivity index (χ2v) is 6.45. The highest BCUT2D eigenvalue weighted by Gasteiger charge is 2.31. The van der Waals surface area contributed by atoms with Gasteiger partial charge in [-0.15, -0.1) is 0 Å². The van der Waals surface area contributed by atoms with Gasteiger partial charge in [0, 0.05) is 30.9 Å². The smallest absolute Gasteiger partial charge is 0.354 e. The lowest BCUT2D eigenvalue weighted by molar-refractivity contribution is 0.0588. The molecule has 1 amide bonds. The van der Waals surface area contributed by atoms with Crippen molar-refractivity contribution in [2.24, 2.45) is 7.05 Å². The van der Waals surface area contributed by atoms with E-state index in [1.165, 1.54) is 37.3 Å². The largest absolute Gasteiger partial charge is 0.464 e. The molecule has 0 aliphatic rings. The summed E-state index contributed by atoms with van der Waals surface area (Å²) in [6, 6.07) is 4.51. The number of aromatic nitrogens is 1. The number of ketones is 1. The van der Waals surface area contributed by atoms with E-state index < -0.39 is 23.7 Å². The van der Waals surface area contributed by atoms with E-state index in [0.717, 1.165) is 6.07 Å². The van der Waals surface area contributed by atoms with E-state index in [9.17, 15) is 18.8 Å². The van der Waals surface area contributed by atoms with Crippen molar-refractivity contribution in [3.8, 4) is 0 Å². The lowest BCUT2D eigenvalue weighted by Gasteiger charge is -2.24. The zero-order valence-electron chi connectivity index (χ0n) is 16.3. The maximum atomic E-state index is 13.4. The molecule has 0 N–H and O–H groups in total. The predicted molar refractivity (Wildman–Crippen MR) is 98.5 cm³/mol. The van der Waals surface area contributed by atoms with Crippen molar-refractivity contribution >= 4 is 17.7 Å². The number of hydrogen-bond acceptors (Lipinski definition) is 4. The van der Waals surface area contributed by atoms with Crippen LogP contribution >= 0.6 is 0 Å². The molecule has 144 valence electrons. The topological polar surface area (TPSA) is 68.6 Å². The third kappa shape index (κ3) is 3.63. The lowest BCUT2D eigenvalue weighted by Crippen LogP contribution is -2.40. The van der Waals surface area contributed by atoms with E-state index >= 15 is 0 Å². The third-order valence-electron chi connectivity index (χ3n) is 4.91. The van der Waals surface area contributed by atoms with Gasteiger partial charge < -0.3 is 14.2 Å². The molecule has 7 heteroatoms. The van der Waals surface area contributed by atoms with Crippen LogP contribution in [0.5, 0.6) is 0 Å². The summed E-state index contributed by atoms with van der Waals surface area (Å²) in [6.07, 6.45) is 0. The van der Waals surface area contributed by atoms with Gasteiger partial charge in [0.1, 0.15) is 11.5 Å². The van der Waals surface area contributed by atoms with E-state index in [1.807, 2.05) is 0 Å². The predicted octanol–water partition coefficient (Wildman–Crippen LogP) is 2.91. The van der Waals surface area contributed by atoms with Crippen LogP contribution in [-0.2, 0) is 11.8 Å². The average molecular weight is 374 g/mol. The normalized spacial score (nSPS) is 11.8. The number of methoxy groups -OCH3 is 1. The van der Waals surface area contributed by atoms with Crippen LogP contribution in [0.1, 0.15) is 49.4 Å². The quantitative estimate of drug-likeness (QED) is 0.596. The number of benzene rings is 1. The third-order valence-corrected chi connectivity index (χ3v) is 4.91. The highest BCUT2D eigenvalue weighted by Crippen LogP contribution is 2.24. The zero-order valence-corrected chi connectivity index (χ0v) is 16.3. The minimum atomic E-state index is -0.800. The number of likely N-dealkylation sites (N-methyl/N-ethyl adjacent to an activating group) is 1. The number of carbonyl (C=O) groups is 3. The standard InChI is InChI=1S/C20H23FN2O4/c1-11-16(12(2)22(4)17(11)20(26)27-6)18(24)13(3)23(5)19(25)14-8-7-9-15(21)10-14/h7-10,13H,1-6H3. The highest BCUT2D eigenvalue weighted by molar-refractivity contribution is 6.07. The van der Waals surface area contributed by atoms with Crippen LogP contribution in [0.25, 0.3) is 0 Å². The molecule has 1 aromatic carbocycles. The van der Waals surface area contributed by atoms with Gasteiger partial charge in [-0.05, 0) is 44.5 Å². The van der Waals surface area contributed by atoms with Crippen LogP contribution in [0.4, 0.5) is 4.39 Å². The minimum absolute atomic E-state index is 0.161. The zero-order chi connectivity index (χ0) is 20.5. The Morgan fingerprint density at radius 1 is 1.22 bits per heavy atom. The number of carbonyl (C=O) groups excluding carboxylic acids is 3. The van der Waals surface area contributed by atoms with Crippen molar-refractivity contribution in [1.29, 1.82) is 0 Å². The van der Waals surface area contributed by atoms with Gasteiger partial charge in [0.15, 0.2) is 5.78 Å². The van der Waals surface area contributed by atoms with Gasteiger partial charge in [0.2, 0.25) is 0 Å². The number of esters is 1. The fourth-order valence-electron chi connectivity index (χ4n) is 3.11. The number of amides is 1. The summed E-state index contributed by atoms with van der Waals surface area (Å²) in [7, 11) is 4.45. The van der Waals surface area contributed by atoms with E-state index in [-0.39, 0.29) is 11.3 Å². The summed E-state index contributed by atoms with van der Waals surface area (Å²) < 4.78 is 19.8. The van der Waals surface area contributed by atoms with Crippen LogP contribution in [0.15, 0.2) is 24.3 Å². The molecule has 0 fully saturated rings. The number of nitrogens with zero attached hydrogens (tertiary/aromatic N) is 2. The Bertz CT molecular complexity index is 917. The maximum Gasteiger partial charge on any atom is 0.354 e. The number of halogens is 1. The number of Topliss-reactive ketones (excluding diaryl/α,β-unsaturated/α-hetero) is 1. The summed E-state index contributed by atoms with van der Waals surface area (Å²) >= 11 is 0. The van der Waals surface area contributed by atoms with E-state index in [4.69, 9.17) is 4.74 Å². The van der Waals surface area contributed by atoms with E-state index in [2.05, 4.69) is 0 Å². The Balaban J connectivity index is 2.37. The molecule has 6 nitrogen and oxygen atoms in total. The molecule has 1 atom stereocenters. The second kappa shape index (κ2) is 7.73. The van der Waals surface area contributed by atoms with Crippen molar-refractivity contribution < 1.29 is 23.5 Å². The van der Waals surface area contributed by atoms with Gasteiger partial charge in [0.05, 0.1) is 13.2 Å². The van der Waals surface area contributed by atoms with Gasteiger partial charge >= 0.3 is 5.97 Å². The highest BCUT2D eigenvalue weighted by atomic mass is 19.1. The molecular weight excluding hydrogens is 351 g/mol. The van der Waals surface area contributed by atoms with Gasteiger partial charge in [-0.25, -0.2) is 9.18 Å². The van der Waals surface area contributed by atoms with Crippen molar-refractivity contribution in [3.05, 3.63) is 58.2 Å². The Morgan fingerprint density at radius 2 is 1.85 bits per heavy atom. The summed E-state index contributed by atoms with van der Waals surface area (Å²) in [6.45, 7) is 5.00. The fourth-order valence-corrected chi connectivity index (χ4v) is 3.11. The fraction of sp³-hybridized carbons (Fsp3) is 0.350. The summed E-state index contributed by atoms with van der Waals surface area (Å²) in [4.78, 5) is 39.0. The Labute approximate surface area is 157 Å². The number of hydrogen-bond donors (Lipinski definition) is 0. The Hall–Kier alpha value is -2.96. The van der Waals surface area contributed by atoms with Crippen LogP contribution in [0.3, 0.4) is 0 Å². The Kier molecular flexibility index (Phi) is 5.83. The molecule has 0 bridgehead atoms. The minimum Gasteiger partial charge on any atom is -0.464 e. The first-order valence-electron chi connectivity index (χ1n) is 8.42. The number of rotatable bonds is 5. The molecule has 0 aliphatic heterocycles. The van der Waals surface area contributed by atoms with Gasteiger partial charge in [-0.2, -0.15) is 0 Å². The second-order valence-electron chi connectivity index (χ2n) is 6.45. The van der Waals surface area contributed by atoms with Crippen LogP contribution < -0.4 is 0 Å². The molecule has 1 unspecified atom stereocenters. The van der Waals surface area contributed by atoms with Gasteiger partial charge in [-0.3, -0.25) is 9.59 Å². The van der Waals surface area contributed by atoms with Crippen molar-refractivity contribution in [3.63, 3.8) is 0 Å². The molecule has 1 heterocycles. The Morgan fingerprint density at radius 3 is 2.41 bits per heavy atom.